The molecule has 0 fully saturated rings. The van der Waals surface area contributed by atoms with E-state index in [1.165, 1.54) is 69.6 Å². The van der Waals surface area contributed by atoms with E-state index in [1.807, 2.05) is 11.3 Å². The quantitative estimate of drug-likeness (QED) is 0.181. The van der Waals surface area contributed by atoms with Crippen molar-refractivity contribution in [3.05, 3.63) is 182 Å². The summed E-state index contributed by atoms with van der Waals surface area (Å²) in [6.07, 6.45) is 0. The number of thiophene rings is 1. The highest BCUT2D eigenvalue weighted by atomic mass is 32.1. The smallest absolute Gasteiger partial charge is 0.0781 e. The SMILES string of the molecule is c1ccc(-c2ccc(N(c3c(-n4c5ccccc5c5ccccc54)ccc4ccccc34)c3cccc4c3sc3ccccc34)cc2)cc1. The van der Waals surface area contributed by atoms with E-state index in [0.717, 1.165) is 17.1 Å². The molecule has 0 saturated heterocycles. The van der Waals surface area contributed by atoms with Gasteiger partial charge >= 0.3 is 0 Å². The van der Waals surface area contributed by atoms with Crippen molar-refractivity contribution < 1.29 is 0 Å². The van der Waals surface area contributed by atoms with E-state index in [2.05, 4.69) is 191 Å². The van der Waals surface area contributed by atoms with Crippen LogP contribution in [0, 0.1) is 0 Å². The second-order valence-corrected chi connectivity index (χ2v) is 13.6. The van der Waals surface area contributed by atoms with E-state index in [4.69, 9.17) is 0 Å². The van der Waals surface area contributed by atoms with Gasteiger partial charge in [0.05, 0.1) is 32.8 Å². The molecule has 0 aliphatic rings. The highest BCUT2D eigenvalue weighted by Crippen LogP contribution is 2.49. The number of anilines is 3. The molecule has 0 amide bonds. The fourth-order valence-corrected chi connectivity index (χ4v) is 8.78. The minimum absolute atomic E-state index is 1.11. The maximum Gasteiger partial charge on any atom is 0.0781 e. The second-order valence-electron chi connectivity index (χ2n) is 12.5. The van der Waals surface area contributed by atoms with Crippen molar-refractivity contribution in [2.75, 3.05) is 4.90 Å². The van der Waals surface area contributed by atoms with Gasteiger partial charge in [-0.2, -0.15) is 0 Å². The molecule has 230 valence electrons. The molecule has 2 heterocycles. The van der Waals surface area contributed by atoms with E-state index in [0.29, 0.717) is 0 Å². The number of nitrogens with zero attached hydrogens (tertiary/aromatic N) is 2. The standard InChI is InChI=1S/C46H30N2S/c1-2-13-31(14-3-1)32-25-28-34(29-26-32)47(43-23-12-20-39-38-19-8-11-24-44(38)49-46(39)43)45-35-16-5-4-15-33(35)27-30-42(45)48-40-21-9-6-17-36(40)37-18-7-10-22-41(37)48/h1-30H. The molecule has 0 saturated carbocycles. The van der Waals surface area contributed by atoms with Crippen LogP contribution in [0.25, 0.3) is 69.6 Å². The van der Waals surface area contributed by atoms with Crippen molar-refractivity contribution in [3.8, 4) is 16.8 Å². The molecular weight excluding hydrogens is 613 g/mol. The highest BCUT2D eigenvalue weighted by molar-refractivity contribution is 7.26. The van der Waals surface area contributed by atoms with Gasteiger partial charge in [-0.3, -0.25) is 0 Å². The number of hydrogen-bond donors (Lipinski definition) is 0. The number of para-hydroxylation sites is 2. The van der Waals surface area contributed by atoms with Crippen LogP contribution in [-0.2, 0) is 0 Å². The third-order valence-corrected chi connectivity index (χ3v) is 11.0. The number of rotatable bonds is 5. The van der Waals surface area contributed by atoms with E-state index >= 15 is 0 Å². The summed E-state index contributed by atoms with van der Waals surface area (Å²) in [7, 11) is 0. The van der Waals surface area contributed by atoms with Gasteiger partial charge in [0.15, 0.2) is 0 Å². The van der Waals surface area contributed by atoms with Gasteiger partial charge in [0.25, 0.3) is 0 Å². The molecule has 0 unspecified atom stereocenters. The van der Waals surface area contributed by atoms with Gasteiger partial charge in [0.2, 0.25) is 0 Å². The Labute approximate surface area is 288 Å². The van der Waals surface area contributed by atoms with E-state index in [-0.39, 0.29) is 0 Å². The fraction of sp³-hybridized carbons (Fsp3) is 0. The van der Waals surface area contributed by atoms with E-state index in [9.17, 15) is 0 Å². The Kier molecular flexibility index (Phi) is 6.39. The molecule has 10 rings (SSSR count). The van der Waals surface area contributed by atoms with Crippen LogP contribution in [0.15, 0.2) is 182 Å². The first kappa shape index (κ1) is 27.9. The van der Waals surface area contributed by atoms with Crippen LogP contribution in [0.1, 0.15) is 0 Å². The summed E-state index contributed by atoms with van der Waals surface area (Å²) in [6.45, 7) is 0. The predicted molar refractivity (Wildman–Crippen MR) is 211 cm³/mol. The molecule has 2 aromatic heterocycles. The first-order valence-corrected chi connectivity index (χ1v) is 17.5. The van der Waals surface area contributed by atoms with Gasteiger partial charge in [-0.1, -0.05) is 140 Å². The zero-order valence-corrected chi connectivity index (χ0v) is 27.4. The number of benzene rings is 8. The lowest BCUT2D eigenvalue weighted by molar-refractivity contribution is 1.16. The molecule has 0 aliphatic carbocycles. The largest absolute Gasteiger partial charge is 0.307 e. The average Bonchev–Trinajstić information content (AvgIpc) is 3.72. The van der Waals surface area contributed by atoms with Gasteiger partial charge in [-0.25, -0.2) is 0 Å². The van der Waals surface area contributed by atoms with Crippen LogP contribution in [-0.4, -0.2) is 4.57 Å². The maximum atomic E-state index is 2.51. The maximum absolute atomic E-state index is 2.51. The summed E-state index contributed by atoms with van der Waals surface area (Å²) >= 11 is 1.87. The molecule has 0 N–H and O–H groups in total. The highest BCUT2D eigenvalue weighted by Gasteiger charge is 2.25. The molecule has 0 aliphatic heterocycles. The minimum Gasteiger partial charge on any atom is -0.307 e. The zero-order chi connectivity index (χ0) is 32.3. The van der Waals surface area contributed by atoms with Gasteiger partial charge < -0.3 is 9.47 Å². The van der Waals surface area contributed by atoms with Gasteiger partial charge in [-0.15, -0.1) is 11.3 Å². The fourth-order valence-electron chi connectivity index (χ4n) is 7.57. The summed E-state index contributed by atoms with van der Waals surface area (Å²) < 4.78 is 5.03. The molecule has 0 radical (unpaired) electrons. The Bertz CT molecular complexity index is 2770. The monoisotopic (exact) mass is 642 g/mol. The Morgan fingerprint density at radius 1 is 0.408 bits per heavy atom. The second kappa shape index (κ2) is 11.2. The van der Waals surface area contributed by atoms with Crippen molar-refractivity contribution in [3.63, 3.8) is 0 Å². The number of fused-ring (bicyclic) bond motifs is 7. The number of hydrogen-bond acceptors (Lipinski definition) is 2. The van der Waals surface area contributed by atoms with Crippen LogP contribution in [0.2, 0.25) is 0 Å². The summed E-state index contributed by atoms with van der Waals surface area (Å²) in [5.41, 5.74) is 9.38. The summed E-state index contributed by atoms with van der Waals surface area (Å²) in [5.74, 6) is 0. The topological polar surface area (TPSA) is 8.17 Å². The zero-order valence-electron chi connectivity index (χ0n) is 26.6. The van der Waals surface area contributed by atoms with Crippen molar-refractivity contribution in [1.82, 2.24) is 4.57 Å². The molecule has 10 aromatic rings. The van der Waals surface area contributed by atoms with Crippen LogP contribution >= 0.6 is 11.3 Å². The van der Waals surface area contributed by atoms with Crippen molar-refractivity contribution >= 4 is 81.1 Å². The van der Waals surface area contributed by atoms with Crippen molar-refractivity contribution in [2.24, 2.45) is 0 Å². The van der Waals surface area contributed by atoms with Crippen LogP contribution in [0.3, 0.4) is 0 Å². The summed E-state index contributed by atoms with van der Waals surface area (Å²) in [6, 6.07) is 66.2. The third-order valence-electron chi connectivity index (χ3n) is 9.78. The van der Waals surface area contributed by atoms with E-state index < -0.39 is 0 Å². The number of aromatic nitrogens is 1. The summed E-state index contributed by atoms with van der Waals surface area (Å²) in [5, 5.41) is 7.49. The Balaban J connectivity index is 1.33. The average molecular weight is 643 g/mol. The summed E-state index contributed by atoms with van der Waals surface area (Å²) in [4.78, 5) is 2.51. The van der Waals surface area contributed by atoms with Crippen LogP contribution in [0.5, 0.6) is 0 Å². The van der Waals surface area contributed by atoms with Gasteiger partial charge in [0, 0.05) is 37.3 Å². The lowest BCUT2D eigenvalue weighted by Crippen LogP contribution is -2.14. The molecule has 0 atom stereocenters. The van der Waals surface area contributed by atoms with Gasteiger partial charge in [-0.05, 0) is 59.0 Å². The van der Waals surface area contributed by atoms with E-state index in [1.54, 1.807) is 0 Å². The molecule has 0 spiro atoms. The third kappa shape index (κ3) is 4.40. The molecule has 0 bridgehead atoms. The molecule has 2 nitrogen and oxygen atoms in total. The minimum atomic E-state index is 1.11. The predicted octanol–water partition coefficient (Wildman–Crippen LogP) is 13.4. The normalized spacial score (nSPS) is 11.7. The van der Waals surface area contributed by atoms with Crippen LogP contribution < -0.4 is 4.90 Å². The Morgan fingerprint density at radius 2 is 1.00 bits per heavy atom. The lowest BCUT2D eigenvalue weighted by Gasteiger charge is -2.30. The Hall–Kier alpha value is -6.16. The van der Waals surface area contributed by atoms with Crippen LogP contribution in [0.4, 0.5) is 17.1 Å². The molecule has 49 heavy (non-hydrogen) atoms. The Morgan fingerprint density at radius 3 is 1.76 bits per heavy atom. The van der Waals surface area contributed by atoms with Gasteiger partial charge in [0.1, 0.15) is 0 Å². The first-order valence-electron chi connectivity index (χ1n) is 16.7. The van der Waals surface area contributed by atoms with Crippen molar-refractivity contribution in [2.45, 2.75) is 0 Å². The molecule has 3 heteroatoms. The first-order chi connectivity index (χ1) is 24.3. The lowest BCUT2D eigenvalue weighted by atomic mass is 10.0. The molecule has 8 aromatic carbocycles. The molecular formula is C46H30N2S. The van der Waals surface area contributed by atoms with Crippen molar-refractivity contribution in [1.29, 1.82) is 0 Å².